The van der Waals surface area contributed by atoms with Crippen molar-refractivity contribution in [1.82, 2.24) is 0 Å². The second kappa shape index (κ2) is 4.37. The van der Waals surface area contributed by atoms with Gasteiger partial charge in [0, 0.05) is 17.5 Å². The van der Waals surface area contributed by atoms with Crippen LogP contribution in [0.3, 0.4) is 0 Å². The highest BCUT2D eigenvalue weighted by atomic mass is 16.5. The number of rotatable bonds is 5. The lowest BCUT2D eigenvalue weighted by Crippen LogP contribution is -2.25. The van der Waals surface area contributed by atoms with Crippen molar-refractivity contribution in [2.75, 3.05) is 20.8 Å². The summed E-state index contributed by atoms with van der Waals surface area (Å²) in [5.41, 5.74) is 5.98. The number of hydrogen-bond donors (Lipinski definition) is 1. The smallest absolute Gasteiger partial charge is 0.170 e. The third-order valence-electron chi connectivity index (χ3n) is 3.37. The molecule has 17 heavy (non-hydrogen) atoms. The van der Waals surface area contributed by atoms with Crippen LogP contribution in [0.15, 0.2) is 18.2 Å². The summed E-state index contributed by atoms with van der Waals surface area (Å²) < 4.78 is 10.3. The van der Waals surface area contributed by atoms with Crippen molar-refractivity contribution in [2.24, 2.45) is 11.1 Å². The van der Waals surface area contributed by atoms with Crippen LogP contribution < -0.4 is 15.2 Å². The Hall–Kier alpha value is -1.55. The highest BCUT2D eigenvalue weighted by Crippen LogP contribution is 2.47. The molecular formula is C13H17NO3. The molecule has 4 heteroatoms. The lowest BCUT2D eigenvalue weighted by atomic mass is 9.94. The lowest BCUT2D eigenvalue weighted by Gasteiger charge is -2.13. The van der Waals surface area contributed by atoms with Gasteiger partial charge in [0.05, 0.1) is 14.2 Å². The number of ether oxygens (including phenoxy) is 2. The third kappa shape index (κ3) is 2.00. The van der Waals surface area contributed by atoms with E-state index in [1.54, 1.807) is 32.4 Å². The zero-order valence-corrected chi connectivity index (χ0v) is 10.2. The predicted molar refractivity (Wildman–Crippen MR) is 64.6 cm³/mol. The predicted octanol–water partition coefficient (Wildman–Crippen LogP) is 1.63. The summed E-state index contributed by atoms with van der Waals surface area (Å²) in [5.74, 6) is 1.31. The van der Waals surface area contributed by atoms with Gasteiger partial charge in [0.25, 0.3) is 0 Å². The van der Waals surface area contributed by atoms with Crippen molar-refractivity contribution in [3.8, 4) is 11.5 Å². The fourth-order valence-electron chi connectivity index (χ4n) is 1.96. The number of benzene rings is 1. The molecule has 1 aromatic carbocycles. The van der Waals surface area contributed by atoms with Gasteiger partial charge in [0.1, 0.15) is 0 Å². The van der Waals surface area contributed by atoms with Gasteiger partial charge in [0.2, 0.25) is 0 Å². The Morgan fingerprint density at radius 1 is 1.29 bits per heavy atom. The standard InChI is InChI=1S/C13H17NO3/c1-16-10-4-3-9(7-11(10)17-2)12(15)13(8-14)5-6-13/h3-4,7H,5-6,8,14H2,1-2H3. The van der Waals surface area contributed by atoms with Crippen molar-refractivity contribution in [3.05, 3.63) is 23.8 Å². The van der Waals surface area contributed by atoms with Crippen LogP contribution in [-0.2, 0) is 0 Å². The highest BCUT2D eigenvalue weighted by Gasteiger charge is 2.48. The van der Waals surface area contributed by atoms with Crippen molar-refractivity contribution >= 4 is 5.78 Å². The molecule has 0 unspecified atom stereocenters. The summed E-state index contributed by atoms with van der Waals surface area (Å²) >= 11 is 0. The molecule has 0 spiro atoms. The zero-order valence-electron chi connectivity index (χ0n) is 10.2. The second-order valence-electron chi connectivity index (χ2n) is 4.38. The molecule has 0 aromatic heterocycles. The summed E-state index contributed by atoms with van der Waals surface area (Å²) in [4.78, 5) is 12.3. The Labute approximate surface area is 101 Å². The maximum atomic E-state index is 12.3. The molecule has 0 amide bonds. The number of hydrogen-bond acceptors (Lipinski definition) is 4. The first-order valence-corrected chi connectivity index (χ1v) is 5.64. The molecule has 1 saturated carbocycles. The van der Waals surface area contributed by atoms with Crippen molar-refractivity contribution < 1.29 is 14.3 Å². The Kier molecular flexibility index (Phi) is 3.07. The molecule has 0 bridgehead atoms. The zero-order chi connectivity index (χ0) is 12.5. The summed E-state index contributed by atoms with van der Waals surface area (Å²) in [6.45, 7) is 0.417. The molecule has 1 aromatic rings. The van der Waals surface area contributed by atoms with E-state index in [0.717, 1.165) is 12.8 Å². The summed E-state index contributed by atoms with van der Waals surface area (Å²) in [7, 11) is 3.13. The minimum Gasteiger partial charge on any atom is -0.493 e. The molecule has 0 radical (unpaired) electrons. The van der Waals surface area contributed by atoms with Crippen LogP contribution in [-0.4, -0.2) is 26.5 Å². The van der Waals surface area contributed by atoms with Gasteiger partial charge in [-0.05, 0) is 31.0 Å². The number of nitrogens with two attached hydrogens (primary N) is 1. The van der Waals surface area contributed by atoms with Gasteiger partial charge < -0.3 is 15.2 Å². The van der Waals surface area contributed by atoms with Gasteiger partial charge in [-0.15, -0.1) is 0 Å². The van der Waals surface area contributed by atoms with E-state index in [9.17, 15) is 4.79 Å². The summed E-state index contributed by atoms with van der Waals surface area (Å²) in [6, 6.07) is 5.23. The first-order chi connectivity index (χ1) is 8.16. The highest BCUT2D eigenvalue weighted by molar-refractivity contribution is 6.02. The van der Waals surface area contributed by atoms with Gasteiger partial charge in [0.15, 0.2) is 17.3 Å². The van der Waals surface area contributed by atoms with Crippen LogP contribution >= 0.6 is 0 Å². The van der Waals surface area contributed by atoms with Crippen LogP contribution in [0.25, 0.3) is 0 Å². The maximum absolute atomic E-state index is 12.3. The van der Waals surface area contributed by atoms with Crippen molar-refractivity contribution in [2.45, 2.75) is 12.8 Å². The van der Waals surface area contributed by atoms with E-state index in [-0.39, 0.29) is 11.2 Å². The molecule has 2 N–H and O–H groups in total. The van der Waals surface area contributed by atoms with E-state index >= 15 is 0 Å². The number of ketones is 1. The molecule has 1 aliphatic rings. The topological polar surface area (TPSA) is 61.5 Å². The molecule has 0 aliphatic heterocycles. The molecule has 0 saturated heterocycles. The number of carbonyl (C=O) groups excluding carboxylic acids is 1. The lowest BCUT2D eigenvalue weighted by molar-refractivity contribution is 0.0905. The largest absolute Gasteiger partial charge is 0.493 e. The number of carbonyl (C=O) groups is 1. The van der Waals surface area contributed by atoms with Gasteiger partial charge in [-0.25, -0.2) is 0 Å². The summed E-state index contributed by atoms with van der Waals surface area (Å²) in [6.07, 6.45) is 1.77. The van der Waals surface area contributed by atoms with Gasteiger partial charge in [-0.3, -0.25) is 4.79 Å². The van der Waals surface area contributed by atoms with Crippen LogP contribution in [0.2, 0.25) is 0 Å². The van der Waals surface area contributed by atoms with Gasteiger partial charge in [-0.2, -0.15) is 0 Å². The van der Waals surface area contributed by atoms with Crippen LogP contribution in [0.4, 0.5) is 0 Å². The molecule has 0 atom stereocenters. The molecule has 1 fully saturated rings. The Morgan fingerprint density at radius 3 is 2.41 bits per heavy atom. The average molecular weight is 235 g/mol. The Bertz CT molecular complexity index is 438. The third-order valence-corrected chi connectivity index (χ3v) is 3.37. The van der Waals surface area contributed by atoms with Crippen molar-refractivity contribution in [1.29, 1.82) is 0 Å². The minimum atomic E-state index is -0.320. The van der Waals surface area contributed by atoms with Crippen LogP contribution in [0, 0.1) is 5.41 Å². The molecule has 2 rings (SSSR count). The van der Waals surface area contributed by atoms with Crippen molar-refractivity contribution in [3.63, 3.8) is 0 Å². The van der Waals surface area contributed by atoms with E-state index in [1.807, 2.05) is 0 Å². The molecule has 0 heterocycles. The van der Waals surface area contributed by atoms with Gasteiger partial charge in [-0.1, -0.05) is 0 Å². The quantitative estimate of drug-likeness (QED) is 0.788. The minimum absolute atomic E-state index is 0.112. The van der Waals surface area contributed by atoms with E-state index in [4.69, 9.17) is 15.2 Å². The molecule has 1 aliphatic carbocycles. The second-order valence-corrected chi connectivity index (χ2v) is 4.38. The Balaban J connectivity index is 2.31. The first-order valence-electron chi connectivity index (χ1n) is 5.64. The van der Waals surface area contributed by atoms with E-state index in [0.29, 0.717) is 23.6 Å². The van der Waals surface area contributed by atoms with Gasteiger partial charge >= 0.3 is 0 Å². The van der Waals surface area contributed by atoms with Crippen LogP contribution in [0.1, 0.15) is 23.2 Å². The fourth-order valence-corrected chi connectivity index (χ4v) is 1.96. The van der Waals surface area contributed by atoms with E-state index in [2.05, 4.69) is 0 Å². The van der Waals surface area contributed by atoms with E-state index in [1.165, 1.54) is 0 Å². The fraction of sp³-hybridized carbons (Fsp3) is 0.462. The first kappa shape index (κ1) is 11.9. The molecular weight excluding hydrogens is 218 g/mol. The van der Waals surface area contributed by atoms with E-state index < -0.39 is 0 Å². The molecule has 4 nitrogen and oxygen atoms in total. The normalized spacial score (nSPS) is 16.4. The average Bonchev–Trinajstić information content (AvgIpc) is 3.18. The number of methoxy groups -OCH3 is 2. The molecule has 92 valence electrons. The summed E-state index contributed by atoms with van der Waals surface area (Å²) in [5, 5.41) is 0. The Morgan fingerprint density at radius 2 is 1.94 bits per heavy atom. The number of Topliss-reactive ketones (excluding diaryl/α,β-unsaturated/α-hetero) is 1. The maximum Gasteiger partial charge on any atom is 0.170 e. The monoisotopic (exact) mass is 235 g/mol. The van der Waals surface area contributed by atoms with Crippen LogP contribution in [0.5, 0.6) is 11.5 Å². The SMILES string of the molecule is COc1ccc(C(=O)C2(CN)CC2)cc1OC.